The van der Waals surface area contributed by atoms with Crippen LogP contribution in [0.3, 0.4) is 0 Å². The maximum Gasteiger partial charge on any atom is 0.310 e. The van der Waals surface area contributed by atoms with Crippen LogP contribution in [0, 0.1) is 11.3 Å². The highest BCUT2D eigenvalue weighted by atomic mass is 35.5. The zero-order valence-corrected chi connectivity index (χ0v) is 11.0. The molecule has 0 amide bonds. The molecule has 0 atom stereocenters. The molecular weight excluding hydrogens is 258 g/mol. The van der Waals surface area contributed by atoms with Gasteiger partial charge in [-0.15, -0.1) is 24.2 Å². The molecule has 1 aromatic carbocycles. The molecule has 1 aromatic rings. The van der Waals surface area contributed by atoms with Crippen molar-refractivity contribution in [3.8, 4) is 6.07 Å². The minimum Gasteiger partial charge on any atom is -0.466 e. The lowest BCUT2D eigenvalue weighted by Gasteiger charge is -2.08. The van der Waals surface area contributed by atoms with Crippen LogP contribution in [-0.4, -0.2) is 12.6 Å². The van der Waals surface area contributed by atoms with E-state index in [0.717, 1.165) is 5.56 Å². The third-order valence-corrected chi connectivity index (χ3v) is 3.00. The van der Waals surface area contributed by atoms with Gasteiger partial charge in [0.05, 0.1) is 18.6 Å². The summed E-state index contributed by atoms with van der Waals surface area (Å²) in [6.45, 7) is 2.08. The Morgan fingerprint density at radius 1 is 1.59 bits per heavy atom. The van der Waals surface area contributed by atoms with Crippen molar-refractivity contribution in [1.82, 2.24) is 0 Å². The van der Waals surface area contributed by atoms with Crippen LogP contribution in [0.25, 0.3) is 0 Å². The first-order valence-corrected chi connectivity index (χ1v) is 6.07. The molecule has 90 valence electrons. The van der Waals surface area contributed by atoms with Crippen LogP contribution < -0.4 is 0 Å². The molecule has 1 rings (SSSR count). The number of esters is 1. The zero-order chi connectivity index (χ0) is 12.8. The van der Waals surface area contributed by atoms with E-state index in [-0.39, 0.29) is 12.4 Å². The number of benzene rings is 1. The second kappa shape index (κ2) is 6.53. The van der Waals surface area contributed by atoms with Gasteiger partial charge in [-0.1, -0.05) is 6.07 Å². The molecule has 5 heteroatoms. The van der Waals surface area contributed by atoms with Crippen LogP contribution in [0.15, 0.2) is 17.0 Å². The number of ether oxygens (including phenoxy) is 1. The van der Waals surface area contributed by atoms with Crippen molar-refractivity contribution in [3.63, 3.8) is 0 Å². The molecule has 0 radical (unpaired) electrons. The summed E-state index contributed by atoms with van der Waals surface area (Å²) in [5, 5.41) is 8.94. The highest BCUT2D eigenvalue weighted by Crippen LogP contribution is 2.23. The molecule has 0 aromatic heterocycles. The Labute approximate surface area is 111 Å². The Bertz CT molecular complexity index is 468. The van der Waals surface area contributed by atoms with Crippen LogP contribution in [0.1, 0.15) is 23.6 Å². The SMILES string of the molecule is CCOC(=O)Cc1cc(CCl)cc(C#N)c1S. The smallest absolute Gasteiger partial charge is 0.310 e. The summed E-state index contributed by atoms with van der Waals surface area (Å²) in [7, 11) is 0. The molecule has 0 aliphatic heterocycles. The molecule has 0 saturated heterocycles. The molecule has 0 aliphatic rings. The number of nitrogens with zero attached hydrogens (tertiary/aromatic N) is 1. The molecule has 0 saturated carbocycles. The predicted molar refractivity (Wildman–Crippen MR) is 68.3 cm³/mol. The van der Waals surface area contributed by atoms with Crippen molar-refractivity contribution in [2.45, 2.75) is 24.1 Å². The van der Waals surface area contributed by atoms with E-state index >= 15 is 0 Å². The van der Waals surface area contributed by atoms with E-state index in [1.165, 1.54) is 0 Å². The average Bonchev–Trinajstić information content (AvgIpc) is 2.32. The number of hydrogen-bond acceptors (Lipinski definition) is 4. The summed E-state index contributed by atoms with van der Waals surface area (Å²) in [5.74, 6) is -0.0446. The summed E-state index contributed by atoms with van der Waals surface area (Å²) in [6, 6.07) is 5.47. The highest BCUT2D eigenvalue weighted by molar-refractivity contribution is 7.80. The summed E-state index contributed by atoms with van der Waals surface area (Å²) in [4.78, 5) is 11.9. The van der Waals surface area contributed by atoms with Gasteiger partial charge in [0.1, 0.15) is 6.07 Å². The lowest BCUT2D eigenvalue weighted by Crippen LogP contribution is -2.08. The predicted octanol–water partition coefficient (Wildman–Crippen LogP) is 2.69. The van der Waals surface area contributed by atoms with Crippen molar-refractivity contribution in [2.24, 2.45) is 0 Å². The van der Waals surface area contributed by atoms with Crippen LogP contribution in [-0.2, 0) is 21.8 Å². The first kappa shape index (κ1) is 13.9. The highest BCUT2D eigenvalue weighted by Gasteiger charge is 2.12. The quantitative estimate of drug-likeness (QED) is 0.519. The number of alkyl halides is 1. The van der Waals surface area contributed by atoms with Gasteiger partial charge in [0.15, 0.2) is 0 Å². The minimum atomic E-state index is -0.335. The van der Waals surface area contributed by atoms with Gasteiger partial charge >= 0.3 is 5.97 Å². The number of rotatable bonds is 4. The summed E-state index contributed by atoms with van der Waals surface area (Å²) >= 11 is 9.97. The van der Waals surface area contributed by atoms with Gasteiger partial charge in [0.2, 0.25) is 0 Å². The summed E-state index contributed by atoms with van der Waals surface area (Å²) < 4.78 is 4.86. The van der Waals surface area contributed by atoms with Gasteiger partial charge in [0.25, 0.3) is 0 Å². The van der Waals surface area contributed by atoms with Crippen molar-refractivity contribution in [3.05, 3.63) is 28.8 Å². The second-order valence-electron chi connectivity index (χ2n) is 3.38. The van der Waals surface area contributed by atoms with Gasteiger partial charge in [-0.25, -0.2) is 0 Å². The molecular formula is C12H12ClNO2S. The number of nitriles is 1. The van der Waals surface area contributed by atoms with E-state index in [1.807, 2.05) is 6.07 Å². The fourth-order valence-corrected chi connectivity index (χ4v) is 1.84. The molecule has 0 heterocycles. The van der Waals surface area contributed by atoms with Gasteiger partial charge < -0.3 is 4.74 Å². The second-order valence-corrected chi connectivity index (χ2v) is 4.09. The van der Waals surface area contributed by atoms with Gasteiger partial charge in [-0.3, -0.25) is 4.79 Å². The molecule has 0 fully saturated rings. The third-order valence-electron chi connectivity index (χ3n) is 2.16. The van der Waals surface area contributed by atoms with Crippen LogP contribution in [0.2, 0.25) is 0 Å². The van der Waals surface area contributed by atoms with Gasteiger partial charge in [-0.2, -0.15) is 5.26 Å². The minimum absolute atomic E-state index is 0.103. The van der Waals surface area contributed by atoms with Crippen LogP contribution in [0.5, 0.6) is 0 Å². The molecule has 0 aliphatic carbocycles. The lowest BCUT2D eigenvalue weighted by atomic mass is 10.0. The van der Waals surface area contributed by atoms with Crippen LogP contribution >= 0.6 is 24.2 Å². The van der Waals surface area contributed by atoms with Crippen LogP contribution in [0.4, 0.5) is 0 Å². The molecule has 0 unspecified atom stereocenters. The maximum absolute atomic E-state index is 11.4. The van der Waals surface area contributed by atoms with Crippen molar-refractivity contribution in [1.29, 1.82) is 5.26 Å². The Kier molecular flexibility index (Phi) is 5.33. The van der Waals surface area contributed by atoms with E-state index in [1.54, 1.807) is 19.1 Å². The van der Waals surface area contributed by atoms with Gasteiger partial charge in [-0.05, 0) is 24.1 Å². The van der Waals surface area contributed by atoms with E-state index < -0.39 is 0 Å². The molecule has 17 heavy (non-hydrogen) atoms. The van der Waals surface area contributed by atoms with Crippen molar-refractivity contribution in [2.75, 3.05) is 6.61 Å². The standard InChI is InChI=1S/C12H12ClNO2S/c1-2-16-11(15)5-9-3-8(6-13)4-10(7-14)12(9)17/h3-4,17H,2,5-6H2,1H3. The summed E-state index contributed by atoms with van der Waals surface area (Å²) in [6.07, 6.45) is 0.103. The summed E-state index contributed by atoms with van der Waals surface area (Å²) in [5.41, 5.74) is 1.88. The Balaban J connectivity index is 3.06. The molecule has 0 spiro atoms. The lowest BCUT2D eigenvalue weighted by molar-refractivity contribution is -0.142. The Morgan fingerprint density at radius 3 is 2.82 bits per heavy atom. The number of halogens is 1. The molecule has 0 N–H and O–H groups in total. The fourth-order valence-electron chi connectivity index (χ4n) is 1.43. The first-order valence-electron chi connectivity index (χ1n) is 5.08. The van der Waals surface area contributed by atoms with Crippen molar-refractivity contribution < 1.29 is 9.53 Å². The van der Waals surface area contributed by atoms with Gasteiger partial charge in [0, 0.05) is 10.8 Å². The topological polar surface area (TPSA) is 50.1 Å². The number of thiol groups is 1. The molecule has 0 bridgehead atoms. The van der Waals surface area contributed by atoms with E-state index in [4.69, 9.17) is 21.6 Å². The Hall–Kier alpha value is -1.18. The van der Waals surface area contributed by atoms with E-state index in [2.05, 4.69) is 12.6 Å². The maximum atomic E-state index is 11.4. The Morgan fingerprint density at radius 2 is 2.29 bits per heavy atom. The third kappa shape index (κ3) is 3.65. The first-order chi connectivity index (χ1) is 8.12. The normalized spacial score (nSPS) is 9.76. The zero-order valence-electron chi connectivity index (χ0n) is 9.36. The number of carbonyl (C=O) groups is 1. The average molecular weight is 270 g/mol. The number of hydrogen-bond donors (Lipinski definition) is 1. The fraction of sp³-hybridized carbons (Fsp3) is 0.333. The molecule has 3 nitrogen and oxygen atoms in total. The largest absolute Gasteiger partial charge is 0.466 e. The van der Waals surface area contributed by atoms with E-state index in [0.29, 0.717) is 28.5 Å². The monoisotopic (exact) mass is 269 g/mol. The van der Waals surface area contributed by atoms with Crippen molar-refractivity contribution >= 4 is 30.2 Å². The van der Waals surface area contributed by atoms with E-state index in [9.17, 15) is 4.79 Å². The number of carbonyl (C=O) groups excluding carboxylic acids is 1.